The van der Waals surface area contributed by atoms with Crippen LogP contribution in [0.25, 0.3) is 0 Å². The minimum atomic E-state index is -2.64. The fourth-order valence-corrected chi connectivity index (χ4v) is 3.75. The SMILES string of the molecule is CC1(C)CC(=O)c2cc(C(=O)Nc3ccccc3SC(F)F)c(=O)[nH]c2C1. The van der Waals surface area contributed by atoms with Gasteiger partial charge in [-0.05, 0) is 30.0 Å². The standard InChI is InChI=1S/C19H18F2N2O3S/c1-19(2)8-13-10(14(24)9-19)7-11(17(26)23-13)16(25)22-12-5-3-4-6-15(12)27-18(20)21/h3-7,18H,8-9H2,1-2H3,(H,22,25)(H,23,26). The number of carbonyl (C=O) groups excluding carboxylic acids is 2. The van der Waals surface area contributed by atoms with E-state index in [0.717, 1.165) is 0 Å². The maximum absolute atomic E-state index is 12.7. The van der Waals surface area contributed by atoms with Crippen molar-refractivity contribution in [3.8, 4) is 0 Å². The van der Waals surface area contributed by atoms with Crippen molar-refractivity contribution in [2.75, 3.05) is 5.32 Å². The number of rotatable bonds is 4. The summed E-state index contributed by atoms with van der Waals surface area (Å²) in [5.74, 6) is -3.53. The highest BCUT2D eigenvalue weighted by molar-refractivity contribution is 7.99. The Morgan fingerprint density at radius 2 is 1.93 bits per heavy atom. The van der Waals surface area contributed by atoms with Crippen molar-refractivity contribution >= 4 is 29.1 Å². The molecule has 0 aliphatic heterocycles. The molecule has 1 aliphatic carbocycles. The van der Waals surface area contributed by atoms with Gasteiger partial charge in [-0.1, -0.05) is 37.7 Å². The Morgan fingerprint density at radius 3 is 2.63 bits per heavy atom. The summed E-state index contributed by atoms with van der Waals surface area (Å²) in [7, 11) is 0. The number of thioether (sulfide) groups is 1. The van der Waals surface area contributed by atoms with E-state index < -0.39 is 17.2 Å². The van der Waals surface area contributed by atoms with Crippen molar-refractivity contribution < 1.29 is 18.4 Å². The highest BCUT2D eigenvalue weighted by atomic mass is 32.2. The minimum absolute atomic E-state index is 0.139. The molecule has 3 rings (SSSR count). The summed E-state index contributed by atoms with van der Waals surface area (Å²) in [5, 5.41) is 2.49. The molecule has 5 nitrogen and oxygen atoms in total. The zero-order chi connectivity index (χ0) is 19.8. The third kappa shape index (κ3) is 4.27. The molecule has 0 saturated carbocycles. The highest BCUT2D eigenvalue weighted by Crippen LogP contribution is 2.34. The summed E-state index contributed by atoms with van der Waals surface area (Å²) < 4.78 is 25.4. The Balaban J connectivity index is 1.92. The second-order valence-corrected chi connectivity index (χ2v) is 8.21. The van der Waals surface area contributed by atoms with Crippen LogP contribution in [0.15, 0.2) is 40.0 Å². The molecule has 0 radical (unpaired) electrons. The second kappa shape index (κ2) is 7.26. The van der Waals surface area contributed by atoms with E-state index in [1.165, 1.54) is 18.2 Å². The van der Waals surface area contributed by atoms with E-state index in [4.69, 9.17) is 0 Å². The number of amides is 1. The number of halogens is 2. The van der Waals surface area contributed by atoms with Crippen molar-refractivity contribution in [3.63, 3.8) is 0 Å². The topological polar surface area (TPSA) is 79.0 Å². The molecule has 0 fully saturated rings. The van der Waals surface area contributed by atoms with Crippen molar-refractivity contribution in [2.24, 2.45) is 5.41 Å². The number of aromatic amines is 1. The van der Waals surface area contributed by atoms with Crippen LogP contribution >= 0.6 is 11.8 Å². The molecule has 2 N–H and O–H groups in total. The number of hydrogen-bond donors (Lipinski definition) is 2. The first-order chi connectivity index (χ1) is 12.7. The molecule has 8 heteroatoms. The molecule has 0 saturated heterocycles. The van der Waals surface area contributed by atoms with E-state index in [0.29, 0.717) is 35.9 Å². The summed E-state index contributed by atoms with van der Waals surface area (Å²) >= 11 is 0.301. The van der Waals surface area contributed by atoms with Gasteiger partial charge in [0.1, 0.15) is 5.56 Å². The summed E-state index contributed by atoms with van der Waals surface area (Å²) in [5.41, 5.74) is -0.0741. The average Bonchev–Trinajstić information content (AvgIpc) is 2.54. The predicted octanol–water partition coefficient (Wildman–Crippen LogP) is 4.10. The zero-order valence-corrected chi connectivity index (χ0v) is 15.6. The number of fused-ring (bicyclic) bond motifs is 1. The van der Waals surface area contributed by atoms with Gasteiger partial charge in [-0.3, -0.25) is 14.4 Å². The van der Waals surface area contributed by atoms with Gasteiger partial charge in [0.25, 0.3) is 17.2 Å². The average molecular weight is 392 g/mol. The van der Waals surface area contributed by atoms with E-state index in [2.05, 4.69) is 10.3 Å². The van der Waals surface area contributed by atoms with Crippen molar-refractivity contribution in [2.45, 2.75) is 37.3 Å². The van der Waals surface area contributed by atoms with Crippen LogP contribution in [0.4, 0.5) is 14.5 Å². The van der Waals surface area contributed by atoms with Crippen LogP contribution < -0.4 is 10.9 Å². The van der Waals surface area contributed by atoms with E-state index in [1.54, 1.807) is 12.1 Å². The molecule has 1 amide bonds. The van der Waals surface area contributed by atoms with Gasteiger partial charge in [-0.15, -0.1) is 0 Å². The number of para-hydroxylation sites is 1. The maximum Gasteiger partial charge on any atom is 0.288 e. The molecule has 1 aromatic heterocycles. The fraction of sp³-hybridized carbons (Fsp3) is 0.316. The van der Waals surface area contributed by atoms with Crippen LogP contribution in [0.5, 0.6) is 0 Å². The molecular weight excluding hydrogens is 374 g/mol. The van der Waals surface area contributed by atoms with Gasteiger partial charge in [-0.25, -0.2) is 0 Å². The molecule has 27 heavy (non-hydrogen) atoms. The molecule has 1 aromatic carbocycles. The van der Waals surface area contributed by atoms with Gasteiger partial charge in [0.15, 0.2) is 5.78 Å². The van der Waals surface area contributed by atoms with Crippen LogP contribution in [-0.4, -0.2) is 22.4 Å². The lowest BCUT2D eigenvalue weighted by atomic mass is 9.75. The number of anilines is 1. The normalized spacial score (nSPS) is 15.5. The van der Waals surface area contributed by atoms with E-state index in [9.17, 15) is 23.2 Å². The van der Waals surface area contributed by atoms with Gasteiger partial charge in [0, 0.05) is 22.6 Å². The van der Waals surface area contributed by atoms with Gasteiger partial charge in [0.2, 0.25) is 0 Å². The molecule has 0 unspecified atom stereocenters. The Kier molecular flexibility index (Phi) is 5.19. The molecule has 1 aliphatic rings. The molecule has 2 aromatic rings. The van der Waals surface area contributed by atoms with E-state index in [-0.39, 0.29) is 27.3 Å². The van der Waals surface area contributed by atoms with Gasteiger partial charge >= 0.3 is 0 Å². The monoisotopic (exact) mass is 392 g/mol. The number of hydrogen-bond acceptors (Lipinski definition) is 4. The first-order valence-electron chi connectivity index (χ1n) is 8.31. The summed E-state index contributed by atoms with van der Waals surface area (Å²) in [6, 6.07) is 7.39. The third-order valence-corrected chi connectivity index (χ3v) is 5.10. The molecular formula is C19H18F2N2O3S. The number of Topliss-reactive ketones (excluding diaryl/α,β-unsaturated/α-hetero) is 1. The number of benzene rings is 1. The quantitative estimate of drug-likeness (QED) is 0.768. The number of carbonyl (C=O) groups is 2. The molecule has 0 atom stereocenters. The minimum Gasteiger partial charge on any atom is -0.325 e. The summed E-state index contributed by atoms with van der Waals surface area (Å²) in [4.78, 5) is 40.1. The number of nitrogens with one attached hydrogen (secondary N) is 2. The van der Waals surface area contributed by atoms with Crippen LogP contribution in [0, 0.1) is 5.41 Å². The maximum atomic E-state index is 12.7. The first-order valence-corrected chi connectivity index (χ1v) is 9.19. The Labute approximate surface area is 158 Å². The number of aromatic nitrogens is 1. The molecule has 142 valence electrons. The van der Waals surface area contributed by atoms with Crippen LogP contribution in [0.3, 0.4) is 0 Å². The fourth-order valence-electron chi connectivity index (χ4n) is 3.15. The van der Waals surface area contributed by atoms with Gasteiger partial charge in [0.05, 0.1) is 5.69 Å². The summed E-state index contributed by atoms with van der Waals surface area (Å²) in [6.45, 7) is 3.87. The predicted molar refractivity (Wildman–Crippen MR) is 99.8 cm³/mol. The van der Waals surface area contributed by atoms with Crippen molar-refractivity contribution in [3.05, 3.63) is 57.5 Å². The van der Waals surface area contributed by atoms with Crippen LogP contribution in [0.2, 0.25) is 0 Å². The van der Waals surface area contributed by atoms with E-state index >= 15 is 0 Å². The first kappa shape index (κ1) is 19.3. The molecule has 1 heterocycles. The highest BCUT2D eigenvalue weighted by Gasteiger charge is 2.32. The zero-order valence-electron chi connectivity index (χ0n) is 14.8. The smallest absolute Gasteiger partial charge is 0.288 e. The number of ketones is 1. The van der Waals surface area contributed by atoms with Crippen LogP contribution in [0.1, 0.15) is 46.7 Å². The number of pyridine rings is 1. The van der Waals surface area contributed by atoms with Crippen molar-refractivity contribution in [1.82, 2.24) is 4.98 Å². The summed E-state index contributed by atoms with van der Waals surface area (Å²) in [6.07, 6.45) is 0.847. The van der Waals surface area contributed by atoms with Crippen molar-refractivity contribution in [1.29, 1.82) is 0 Å². The van der Waals surface area contributed by atoms with Crippen LogP contribution in [-0.2, 0) is 6.42 Å². The van der Waals surface area contributed by atoms with Gasteiger partial charge < -0.3 is 10.3 Å². The lowest BCUT2D eigenvalue weighted by Crippen LogP contribution is -2.32. The largest absolute Gasteiger partial charge is 0.325 e. The number of alkyl halides is 2. The number of H-pyrrole nitrogens is 1. The molecule has 0 spiro atoms. The Morgan fingerprint density at radius 1 is 1.22 bits per heavy atom. The van der Waals surface area contributed by atoms with E-state index in [1.807, 2.05) is 13.8 Å². The second-order valence-electron chi connectivity index (χ2n) is 7.17. The Hall–Kier alpha value is -2.48. The van der Waals surface area contributed by atoms with Gasteiger partial charge in [-0.2, -0.15) is 8.78 Å². The lowest BCUT2D eigenvalue weighted by molar-refractivity contribution is 0.0910. The Bertz CT molecular complexity index is 970. The molecule has 0 bridgehead atoms. The lowest BCUT2D eigenvalue weighted by Gasteiger charge is -2.29. The third-order valence-electron chi connectivity index (χ3n) is 4.31.